The zero-order valence-corrected chi connectivity index (χ0v) is 11.6. The van der Waals surface area contributed by atoms with E-state index in [1.165, 1.54) is 19.3 Å². The molecule has 5 nitrogen and oxygen atoms in total. The second kappa shape index (κ2) is 4.67. The first-order valence-electron chi connectivity index (χ1n) is 6.81. The molecule has 5 heteroatoms. The van der Waals surface area contributed by atoms with Gasteiger partial charge in [-0.05, 0) is 43.9 Å². The Labute approximate surface area is 118 Å². The molecule has 0 saturated heterocycles. The van der Waals surface area contributed by atoms with Crippen LogP contribution in [-0.2, 0) is 0 Å². The van der Waals surface area contributed by atoms with Gasteiger partial charge in [0.15, 0.2) is 0 Å². The Balaban J connectivity index is 1.85. The summed E-state index contributed by atoms with van der Waals surface area (Å²) in [5, 5.41) is 3.53. The molecule has 1 saturated carbocycles. The Morgan fingerprint density at radius 1 is 1.10 bits per heavy atom. The largest absolute Gasteiger partial charge is 0.397 e. The van der Waals surface area contributed by atoms with Crippen molar-refractivity contribution in [1.29, 1.82) is 0 Å². The van der Waals surface area contributed by atoms with E-state index in [9.17, 15) is 0 Å². The molecule has 20 heavy (non-hydrogen) atoms. The zero-order chi connectivity index (χ0) is 14.2. The highest BCUT2D eigenvalue weighted by Crippen LogP contribution is 2.37. The Morgan fingerprint density at radius 3 is 2.35 bits per heavy atom. The minimum absolute atomic E-state index is 0.194. The number of benzene rings is 1. The van der Waals surface area contributed by atoms with E-state index in [0.29, 0.717) is 0 Å². The molecule has 0 unspecified atom stereocenters. The van der Waals surface area contributed by atoms with E-state index in [0.717, 1.165) is 22.5 Å². The fraction of sp³-hybridized carbons (Fsp3) is 0.333. The number of nitrogens with two attached hydrogens (primary N) is 2. The summed E-state index contributed by atoms with van der Waals surface area (Å²) in [6.45, 7) is 2.23. The third-order valence-electron chi connectivity index (χ3n) is 3.95. The van der Waals surface area contributed by atoms with Crippen molar-refractivity contribution in [3.8, 4) is 11.1 Å². The highest BCUT2D eigenvalue weighted by atomic mass is 15.0. The summed E-state index contributed by atoms with van der Waals surface area (Å²) in [4.78, 5) is 8.00. The van der Waals surface area contributed by atoms with E-state index < -0.39 is 0 Å². The minimum Gasteiger partial charge on any atom is -0.397 e. The molecule has 1 aromatic heterocycles. The first-order valence-corrected chi connectivity index (χ1v) is 6.81. The summed E-state index contributed by atoms with van der Waals surface area (Å²) in [5.74, 6) is 0.276. The summed E-state index contributed by atoms with van der Waals surface area (Å²) in [5.41, 5.74) is 15.5. The van der Waals surface area contributed by atoms with Crippen LogP contribution in [-0.4, -0.2) is 15.5 Å². The van der Waals surface area contributed by atoms with E-state index >= 15 is 0 Å². The van der Waals surface area contributed by atoms with Crippen molar-refractivity contribution in [3.63, 3.8) is 0 Å². The van der Waals surface area contributed by atoms with E-state index in [4.69, 9.17) is 11.5 Å². The zero-order valence-electron chi connectivity index (χ0n) is 11.6. The monoisotopic (exact) mass is 269 g/mol. The number of aromatic nitrogens is 2. The summed E-state index contributed by atoms with van der Waals surface area (Å²) in [7, 11) is 0. The van der Waals surface area contributed by atoms with Crippen molar-refractivity contribution < 1.29 is 0 Å². The van der Waals surface area contributed by atoms with Crippen LogP contribution in [0, 0.1) is 0 Å². The van der Waals surface area contributed by atoms with Crippen LogP contribution in [0.15, 0.2) is 30.6 Å². The van der Waals surface area contributed by atoms with Crippen LogP contribution in [0.1, 0.15) is 26.2 Å². The number of rotatable bonds is 3. The standard InChI is InChI=1S/C15H19N5/c1-15(5-2-6-15)20-13-4-3-10(7-12(13)16)11-8-18-14(17)19-9-11/h3-4,7-9,20H,2,5-6,16H2,1H3,(H2,17,18,19). The molecule has 0 atom stereocenters. The van der Waals surface area contributed by atoms with Crippen LogP contribution in [0.2, 0.25) is 0 Å². The number of nitrogen functional groups attached to an aromatic ring is 2. The SMILES string of the molecule is CC1(Nc2ccc(-c3cnc(N)nc3)cc2N)CCC1. The van der Waals surface area contributed by atoms with Crippen LogP contribution in [0.3, 0.4) is 0 Å². The molecule has 2 aromatic rings. The summed E-state index contributed by atoms with van der Waals surface area (Å²) in [6, 6.07) is 5.99. The van der Waals surface area contributed by atoms with Crippen molar-refractivity contribution in [2.45, 2.75) is 31.7 Å². The van der Waals surface area contributed by atoms with Gasteiger partial charge in [-0.25, -0.2) is 9.97 Å². The van der Waals surface area contributed by atoms with Crippen LogP contribution in [0.4, 0.5) is 17.3 Å². The molecule has 1 fully saturated rings. The van der Waals surface area contributed by atoms with Gasteiger partial charge >= 0.3 is 0 Å². The van der Waals surface area contributed by atoms with Gasteiger partial charge in [-0.2, -0.15) is 0 Å². The van der Waals surface area contributed by atoms with E-state index in [2.05, 4.69) is 22.2 Å². The molecular weight excluding hydrogens is 250 g/mol. The van der Waals surface area contributed by atoms with Gasteiger partial charge in [0.1, 0.15) is 0 Å². The number of nitrogens with zero attached hydrogens (tertiary/aromatic N) is 2. The average Bonchev–Trinajstić information content (AvgIpc) is 2.40. The lowest BCUT2D eigenvalue weighted by Gasteiger charge is -2.40. The quantitative estimate of drug-likeness (QED) is 0.745. The van der Waals surface area contributed by atoms with E-state index in [1.54, 1.807) is 12.4 Å². The predicted molar refractivity (Wildman–Crippen MR) is 82.2 cm³/mol. The van der Waals surface area contributed by atoms with Crippen molar-refractivity contribution in [2.24, 2.45) is 0 Å². The van der Waals surface area contributed by atoms with Gasteiger partial charge in [-0.3, -0.25) is 0 Å². The van der Waals surface area contributed by atoms with E-state index in [1.807, 2.05) is 18.2 Å². The maximum atomic E-state index is 6.15. The molecular formula is C15H19N5. The maximum Gasteiger partial charge on any atom is 0.219 e. The molecule has 5 N–H and O–H groups in total. The summed E-state index contributed by atoms with van der Waals surface area (Å²) in [6.07, 6.45) is 7.08. The van der Waals surface area contributed by atoms with Gasteiger partial charge in [0.25, 0.3) is 0 Å². The molecule has 1 aromatic carbocycles. The first-order chi connectivity index (χ1) is 9.56. The fourth-order valence-corrected chi connectivity index (χ4v) is 2.50. The third-order valence-corrected chi connectivity index (χ3v) is 3.95. The molecule has 0 radical (unpaired) electrons. The minimum atomic E-state index is 0.194. The first kappa shape index (κ1) is 12.7. The van der Waals surface area contributed by atoms with Gasteiger partial charge in [-0.15, -0.1) is 0 Å². The molecule has 0 aliphatic heterocycles. The van der Waals surface area contributed by atoms with Crippen molar-refractivity contribution in [3.05, 3.63) is 30.6 Å². The number of anilines is 3. The summed E-state index contributed by atoms with van der Waals surface area (Å²) >= 11 is 0. The van der Waals surface area contributed by atoms with Crippen LogP contribution in [0.5, 0.6) is 0 Å². The van der Waals surface area contributed by atoms with Crippen LogP contribution in [0.25, 0.3) is 11.1 Å². The predicted octanol–water partition coefficient (Wildman–Crippen LogP) is 2.66. The Bertz CT molecular complexity index is 617. The van der Waals surface area contributed by atoms with Gasteiger partial charge < -0.3 is 16.8 Å². The molecule has 1 heterocycles. The summed E-state index contributed by atoms with van der Waals surface area (Å²) < 4.78 is 0. The maximum absolute atomic E-state index is 6.15. The Hall–Kier alpha value is -2.30. The second-order valence-electron chi connectivity index (χ2n) is 5.67. The lowest BCUT2D eigenvalue weighted by molar-refractivity contribution is 0.307. The fourth-order valence-electron chi connectivity index (χ4n) is 2.50. The van der Waals surface area contributed by atoms with Crippen molar-refractivity contribution in [1.82, 2.24) is 9.97 Å². The molecule has 1 aliphatic carbocycles. The normalized spacial score (nSPS) is 16.4. The van der Waals surface area contributed by atoms with Gasteiger partial charge in [0.2, 0.25) is 5.95 Å². The number of hydrogen-bond donors (Lipinski definition) is 3. The smallest absolute Gasteiger partial charge is 0.219 e. The molecule has 1 aliphatic rings. The van der Waals surface area contributed by atoms with Gasteiger partial charge in [0.05, 0.1) is 11.4 Å². The lowest BCUT2D eigenvalue weighted by Crippen LogP contribution is -2.41. The highest BCUT2D eigenvalue weighted by Gasteiger charge is 2.31. The molecule has 0 amide bonds. The third kappa shape index (κ3) is 2.39. The topological polar surface area (TPSA) is 89.8 Å². The highest BCUT2D eigenvalue weighted by molar-refractivity contribution is 5.76. The Morgan fingerprint density at radius 2 is 1.80 bits per heavy atom. The molecule has 0 bridgehead atoms. The van der Waals surface area contributed by atoms with Crippen LogP contribution >= 0.6 is 0 Å². The Kier molecular flexibility index (Phi) is 2.97. The van der Waals surface area contributed by atoms with Crippen molar-refractivity contribution in [2.75, 3.05) is 16.8 Å². The lowest BCUT2D eigenvalue weighted by atomic mass is 9.78. The second-order valence-corrected chi connectivity index (χ2v) is 5.67. The average molecular weight is 269 g/mol. The van der Waals surface area contributed by atoms with Crippen molar-refractivity contribution >= 4 is 17.3 Å². The van der Waals surface area contributed by atoms with E-state index in [-0.39, 0.29) is 11.5 Å². The number of nitrogens with one attached hydrogen (secondary N) is 1. The van der Waals surface area contributed by atoms with Crippen LogP contribution < -0.4 is 16.8 Å². The van der Waals surface area contributed by atoms with Gasteiger partial charge in [0, 0.05) is 23.5 Å². The molecule has 3 rings (SSSR count). The number of hydrogen-bond acceptors (Lipinski definition) is 5. The molecule has 0 spiro atoms. The van der Waals surface area contributed by atoms with Gasteiger partial charge in [-0.1, -0.05) is 6.07 Å². The molecule has 104 valence electrons.